The third-order valence-electron chi connectivity index (χ3n) is 10.1. The quantitative estimate of drug-likeness (QED) is 0.228. The Kier molecular flexibility index (Phi) is 8.01. The highest BCUT2D eigenvalue weighted by Gasteiger charge is 2.30. The lowest BCUT2D eigenvalue weighted by atomic mass is 9.79. The zero-order chi connectivity index (χ0) is 30.0. The van der Waals surface area contributed by atoms with Crippen molar-refractivity contribution in [3.05, 3.63) is 102 Å². The van der Waals surface area contributed by atoms with Gasteiger partial charge >= 0.3 is 5.97 Å². The number of benzene rings is 4. The van der Waals surface area contributed by atoms with Crippen molar-refractivity contribution in [3.63, 3.8) is 0 Å². The number of fused-ring (bicyclic) bond motifs is 6. The normalized spacial score (nSPS) is 18.8. The summed E-state index contributed by atoms with van der Waals surface area (Å²) in [6.45, 7) is 4.00. The zero-order valence-electron chi connectivity index (χ0n) is 25.1. The summed E-state index contributed by atoms with van der Waals surface area (Å²) in [6, 6.07) is 25.5. The van der Waals surface area contributed by atoms with Crippen LogP contribution >= 0.6 is 0 Å². The first kappa shape index (κ1) is 28.5. The first-order chi connectivity index (χ1) is 21.5. The topological polar surface area (TPSA) is 73.7 Å². The van der Waals surface area contributed by atoms with E-state index in [1.807, 2.05) is 0 Å². The molecule has 6 heteroatoms. The largest absolute Gasteiger partial charge is 0.478 e. The highest BCUT2D eigenvalue weighted by molar-refractivity contribution is 6.08. The zero-order valence-corrected chi connectivity index (χ0v) is 25.1. The smallest absolute Gasteiger partial charge is 0.335 e. The third kappa shape index (κ3) is 5.79. The van der Waals surface area contributed by atoms with Gasteiger partial charge < -0.3 is 10.0 Å². The summed E-state index contributed by atoms with van der Waals surface area (Å²) in [5, 5.41) is 16.0. The number of carboxylic acid groups (broad SMARTS) is 1. The van der Waals surface area contributed by atoms with Crippen LogP contribution in [0.5, 0.6) is 0 Å². The lowest BCUT2D eigenvalue weighted by Crippen LogP contribution is -2.53. The number of pyridine rings is 1. The number of piperazine rings is 1. The number of carboxylic acids is 1. The Bertz CT molecular complexity index is 1840. The molecule has 1 N–H and O–H groups in total. The molecule has 1 amide bonds. The van der Waals surface area contributed by atoms with E-state index in [9.17, 15) is 9.59 Å². The number of hydrogen-bond acceptors (Lipinski definition) is 4. The van der Waals surface area contributed by atoms with E-state index in [1.165, 1.54) is 51.9 Å². The van der Waals surface area contributed by atoms with Crippen molar-refractivity contribution in [2.24, 2.45) is 5.92 Å². The van der Waals surface area contributed by atoms with Crippen molar-refractivity contribution in [2.75, 3.05) is 26.2 Å². The van der Waals surface area contributed by atoms with Crippen LogP contribution in [-0.4, -0.2) is 64.0 Å². The average molecular weight is 586 g/mol. The number of aromatic nitrogens is 1. The third-order valence-corrected chi connectivity index (χ3v) is 10.1. The molecule has 2 heterocycles. The molecule has 224 valence electrons. The Morgan fingerprint density at radius 1 is 0.795 bits per heavy atom. The van der Waals surface area contributed by atoms with Crippen LogP contribution in [0.2, 0.25) is 0 Å². The molecular formula is C38H39N3O3. The van der Waals surface area contributed by atoms with E-state index in [4.69, 9.17) is 5.11 Å². The summed E-state index contributed by atoms with van der Waals surface area (Å²) in [6.07, 6.45) is 11.5. The highest BCUT2D eigenvalue weighted by atomic mass is 16.4. The van der Waals surface area contributed by atoms with Gasteiger partial charge in [0.25, 0.3) is 0 Å². The molecule has 0 bridgehead atoms. The van der Waals surface area contributed by atoms with E-state index in [1.54, 1.807) is 36.7 Å². The monoisotopic (exact) mass is 585 g/mol. The molecule has 4 aromatic carbocycles. The molecule has 0 spiro atoms. The summed E-state index contributed by atoms with van der Waals surface area (Å²) in [7, 11) is 0. The molecule has 1 unspecified atom stereocenters. The minimum atomic E-state index is -0.904. The fourth-order valence-corrected chi connectivity index (χ4v) is 7.30. The second kappa shape index (κ2) is 12.4. The SMILES string of the molecule is O=C(CC1CCc2c(ccc3c2ccc2ccccc23)C1)N1CCN(C2CCC2)CC1.O=C(O)c1ccc2cnccc2c1. The highest BCUT2D eigenvalue weighted by Crippen LogP contribution is 2.36. The summed E-state index contributed by atoms with van der Waals surface area (Å²) in [4.78, 5) is 32.3. The van der Waals surface area contributed by atoms with Crippen LogP contribution in [0.1, 0.15) is 53.6 Å². The fraction of sp³-hybridized carbons (Fsp3) is 0.342. The average Bonchev–Trinajstić information content (AvgIpc) is 3.04. The molecular weight excluding hydrogens is 546 g/mol. The van der Waals surface area contributed by atoms with E-state index >= 15 is 0 Å². The Morgan fingerprint density at radius 2 is 1.59 bits per heavy atom. The maximum absolute atomic E-state index is 13.0. The van der Waals surface area contributed by atoms with Crippen molar-refractivity contribution in [1.29, 1.82) is 0 Å². The molecule has 5 aromatic rings. The van der Waals surface area contributed by atoms with Crippen LogP contribution in [0.25, 0.3) is 32.3 Å². The summed E-state index contributed by atoms with van der Waals surface area (Å²) in [5.74, 6) is -0.0326. The van der Waals surface area contributed by atoms with Gasteiger partial charge in [-0.1, -0.05) is 61.0 Å². The number of nitrogens with zero attached hydrogens (tertiary/aromatic N) is 3. The number of aryl methyl sites for hydroxylation is 1. The summed E-state index contributed by atoms with van der Waals surface area (Å²) in [5.41, 5.74) is 3.28. The van der Waals surface area contributed by atoms with Gasteiger partial charge in [-0.3, -0.25) is 14.7 Å². The number of aromatic carboxylic acids is 1. The van der Waals surface area contributed by atoms with Gasteiger partial charge in [-0.05, 0) is 94.3 Å². The van der Waals surface area contributed by atoms with Crippen LogP contribution in [0.15, 0.2) is 85.2 Å². The minimum Gasteiger partial charge on any atom is -0.478 e. The van der Waals surface area contributed by atoms with E-state index in [2.05, 4.69) is 63.3 Å². The molecule has 1 atom stereocenters. The molecule has 6 nitrogen and oxygen atoms in total. The number of carbonyl (C=O) groups is 2. The maximum Gasteiger partial charge on any atom is 0.335 e. The maximum atomic E-state index is 13.0. The standard InChI is InChI=1S/C28H32N2O.C10H7NO2/c31-28(30-16-14-29(15-17-30)23-5-3-6-23)19-20-8-11-25-22(18-20)10-13-26-24-7-2-1-4-21(24)9-12-27(25)26;12-10(13)8-1-2-9-6-11-4-3-7(9)5-8/h1-2,4,7,9-10,12-13,20,23H,3,5-6,8,11,14-19H2;1-6H,(H,12,13). The van der Waals surface area contributed by atoms with Crippen LogP contribution in [-0.2, 0) is 17.6 Å². The summed E-state index contributed by atoms with van der Waals surface area (Å²) >= 11 is 0. The van der Waals surface area contributed by atoms with Gasteiger partial charge in [-0.25, -0.2) is 4.79 Å². The molecule has 44 heavy (non-hydrogen) atoms. The van der Waals surface area contributed by atoms with Crippen LogP contribution in [0.3, 0.4) is 0 Å². The Labute approximate surface area is 258 Å². The van der Waals surface area contributed by atoms with E-state index in [0.29, 0.717) is 17.4 Å². The van der Waals surface area contributed by atoms with Gasteiger partial charge in [0.2, 0.25) is 5.91 Å². The molecule has 1 saturated heterocycles. The van der Waals surface area contributed by atoms with Crippen LogP contribution < -0.4 is 0 Å². The molecule has 2 aliphatic carbocycles. The Morgan fingerprint density at radius 3 is 2.39 bits per heavy atom. The first-order valence-corrected chi connectivity index (χ1v) is 16.0. The minimum absolute atomic E-state index is 0.304. The summed E-state index contributed by atoms with van der Waals surface area (Å²) < 4.78 is 0. The molecule has 1 aromatic heterocycles. The number of rotatable bonds is 4. The molecule has 0 radical (unpaired) electrons. The predicted molar refractivity (Wildman–Crippen MR) is 176 cm³/mol. The first-order valence-electron chi connectivity index (χ1n) is 16.0. The van der Waals surface area contributed by atoms with Gasteiger partial charge in [-0.15, -0.1) is 0 Å². The molecule has 1 aliphatic heterocycles. The lowest BCUT2D eigenvalue weighted by Gasteiger charge is -2.43. The van der Waals surface area contributed by atoms with Gasteiger partial charge in [0.1, 0.15) is 0 Å². The Balaban J connectivity index is 0.000000201. The van der Waals surface area contributed by atoms with Gasteiger partial charge in [-0.2, -0.15) is 0 Å². The Hall–Kier alpha value is -4.29. The predicted octanol–water partition coefficient (Wildman–Crippen LogP) is 7.12. The van der Waals surface area contributed by atoms with Crippen LogP contribution in [0.4, 0.5) is 0 Å². The van der Waals surface area contributed by atoms with Gasteiger partial charge in [0.15, 0.2) is 0 Å². The molecule has 2 fully saturated rings. The van der Waals surface area contributed by atoms with Gasteiger partial charge in [0, 0.05) is 56.4 Å². The second-order valence-corrected chi connectivity index (χ2v) is 12.6. The lowest BCUT2D eigenvalue weighted by molar-refractivity contribution is -0.134. The molecule has 8 rings (SSSR count). The molecule has 3 aliphatic rings. The van der Waals surface area contributed by atoms with Crippen molar-refractivity contribution >= 4 is 44.2 Å². The van der Waals surface area contributed by atoms with Crippen molar-refractivity contribution < 1.29 is 14.7 Å². The van der Waals surface area contributed by atoms with Crippen molar-refractivity contribution in [3.8, 4) is 0 Å². The van der Waals surface area contributed by atoms with E-state index < -0.39 is 5.97 Å². The van der Waals surface area contributed by atoms with Crippen molar-refractivity contribution in [1.82, 2.24) is 14.8 Å². The number of carbonyl (C=O) groups excluding carboxylic acids is 1. The van der Waals surface area contributed by atoms with E-state index in [0.717, 1.165) is 68.7 Å². The van der Waals surface area contributed by atoms with Crippen molar-refractivity contribution in [2.45, 2.75) is 51.0 Å². The van der Waals surface area contributed by atoms with Gasteiger partial charge in [0.05, 0.1) is 5.56 Å². The van der Waals surface area contributed by atoms with Crippen LogP contribution in [0, 0.1) is 5.92 Å². The number of hydrogen-bond donors (Lipinski definition) is 1. The number of amides is 1. The van der Waals surface area contributed by atoms with E-state index in [-0.39, 0.29) is 0 Å². The molecule has 1 saturated carbocycles. The second-order valence-electron chi connectivity index (χ2n) is 12.6. The fourth-order valence-electron chi connectivity index (χ4n) is 7.30.